The van der Waals surface area contributed by atoms with Crippen molar-refractivity contribution in [2.24, 2.45) is 4.99 Å². The second kappa shape index (κ2) is 28.1. The van der Waals surface area contributed by atoms with Gasteiger partial charge in [0.2, 0.25) is 5.91 Å². The minimum atomic E-state index is -1.04. The molecular weight excluding hydrogens is 986 g/mol. The molecule has 21 heteroatoms. The smallest absolute Gasteiger partial charge is 0.342 e. The maximum absolute atomic E-state index is 14.0. The van der Waals surface area contributed by atoms with E-state index in [9.17, 15) is 38.4 Å². The van der Waals surface area contributed by atoms with E-state index in [1.807, 2.05) is 0 Å². The van der Waals surface area contributed by atoms with E-state index >= 15 is 0 Å². The van der Waals surface area contributed by atoms with Crippen molar-refractivity contribution in [3.63, 3.8) is 0 Å². The van der Waals surface area contributed by atoms with E-state index in [2.05, 4.69) is 23.8 Å². The SMILES string of the molecule is C=C(C)C(=O)OCC(CSC(C)C(=O)NC1=N/C(=C\c2[n-]c(NC(=O)C(C)SC(COC=O)OC=O)c(C(=O)OCC)c2-c2ccccc2)C(c2ccccc2)=C1C(=O)OCC)OC(=O)C(=C)C.[Zn]. The second-order valence-electron chi connectivity index (χ2n) is 14.5. The third-order valence-corrected chi connectivity index (χ3v) is 11.7. The van der Waals surface area contributed by atoms with Crippen LogP contribution in [0.3, 0.4) is 0 Å². The van der Waals surface area contributed by atoms with Gasteiger partial charge in [-0.05, 0) is 75.8 Å². The number of benzene rings is 2. The number of rotatable bonds is 25. The number of ether oxygens (including phenoxy) is 6. The van der Waals surface area contributed by atoms with Crippen LogP contribution in [-0.4, -0.2) is 109 Å². The topological polar surface area (TPSA) is 242 Å². The fourth-order valence-corrected chi connectivity index (χ4v) is 7.86. The molecule has 1 aromatic heterocycles. The van der Waals surface area contributed by atoms with E-state index in [-0.39, 0.29) is 121 Å². The molecule has 0 spiro atoms. The molecule has 2 N–H and O–H groups in total. The molecule has 0 fully saturated rings. The summed E-state index contributed by atoms with van der Waals surface area (Å²) in [5.41, 5.74) is 0.662. The van der Waals surface area contributed by atoms with E-state index in [0.717, 1.165) is 23.5 Å². The second-order valence-corrected chi connectivity index (χ2v) is 17.4. The molecule has 0 aliphatic carbocycles. The van der Waals surface area contributed by atoms with E-state index in [1.165, 1.54) is 26.8 Å². The van der Waals surface area contributed by atoms with Crippen molar-refractivity contribution in [3.05, 3.63) is 113 Å². The van der Waals surface area contributed by atoms with E-state index < -0.39 is 57.7 Å². The van der Waals surface area contributed by atoms with Crippen LogP contribution >= 0.6 is 23.5 Å². The van der Waals surface area contributed by atoms with E-state index in [0.29, 0.717) is 11.1 Å². The molecule has 0 radical (unpaired) electrons. The fourth-order valence-electron chi connectivity index (χ4n) is 6.08. The molecule has 2 amide bonds. The van der Waals surface area contributed by atoms with Gasteiger partial charge in [-0.15, -0.1) is 23.5 Å². The van der Waals surface area contributed by atoms with Gasteiger partial charge >= 0.3 is 23.9 Å². The number of amidine groups is 1. The van der Waals surface area contributed by atoms with Crippen LogP contribution in [0.2, 0.25) is 0 Å². The fraction of sp³-hybridized carbons (Fsp3) is 0.312. The number of esters is 4. The van der Waals surface area contributed by atoms with Crippen LogP contribution in [0, 0.1) is 0 Å². The zero-order chi connectivity index (χ0) is 49.9. The number of amides is 2. The largest absolute Gasteiger partial charge is 0.463 e. The molecule has 3 aromatic rings. The number of nitrogens with zero attached hydrogens (tertiary/aromatic N) is 2. The first kappa shape index (κ1) is 56.8. The number of anilines is 1. The Morgan fingerprint density at radius 1 is 0.768 bits per heavy atom. The molecule has 362 valence electrons. The molecule has 4 atom stereocenters. The summed E-state index contributed by atoms with van der Waals surface area (Å²) in [5.74, 6) is -4.68. The molecule has 4 rings (SSSR count). The van der Waals surface area contributed by atoms with Crippen molar-refractivity contribution in [3.8, 4) is 11.1 Å². The summed E-state index contributed by atoms with van der Waals surface area (Å²) in [6.45, 7) is 16.0. The van der Waals surface area contributed by atoms with Gasteiger partial charge in [0.25, 0.3) is 12.9 Å². The Bertz CT molecular complexity index is 2490. The molecule has 0 bridgehead atoms. The van der Waals surface area contributed by atoms with Crippen molar-refractivity contribution in [1.82, 2.24) is 10.3 Å². The van der Waals surface area contributed by atoms with Crippen LogP contribution in [-0.2, 0) is 81.5 Å². The third kappa shape index (κ3) is 16.0. The van der Waals surface area contributed by atoms with Gasteiger partial charge in [0.05, 0.1) is 35.0 Å². The number of nitrogens with one attached hydrogen (secondary N) is 2. The standard InChI is InChI=1S/C48H52N4O14S2.Zn/c1-9-62-47(59)39-37(31-17-13-11-14-18-31)34(49-41(39)51-43(55)29(7)67-24-33(66-46(58)28(5)6)22-64-45(57)27(3)4)21-35-38(32-19-15-12-16-20-32)40(48(60)63-10-2)42(50-35)52-44(56)30(8)68-36(65-26-54)23-61-25-53;/h11-21,25-26,29-30,33,36H,3,5,9-10,22-24H2,1-2,4,6-8H3,(H3,49,50,51,52,55,56,59,60);/p-1. The third-order valence-electron chi connectivity index (χ3n) is 9.30. The van der Waals surface area contributed by atoms with Crippen molar-refractivity contribution in [2.75, 3.05) is 37.5 Å². The molecule has 69 heavy (non-hydrogen) atoms. The Kier molecular flexibility index (Phi) is 23.1. The zero-order valence-corrected chi connectivity index (χ0v) is 43.5. The number of aliphatic imine (C=N–C) groups is 1. The molecule has 18 nitrogen and oxygen atoms in total. The number of carbonyl (C=O) groups excluding carboxylic acids is 8. The van der Waals surface area contributed by atoms with Crippen molar-refractivity contribution in [2.45, 2.75) is 63.6 Å². The Balaban J connectivity index is 0.0000126. The Labute approximate surface area is 420 Å². The average Bonchev–Trinajstić information content (AvgIpc) is 3.86. The quantitative estimate of drug-likeness (QED) is 0.0253. The summed E-state index contributed by atoms with van der Waals surface area (Å²) >= 11 is 1.93. The first-order chi connectivity index (χ1) is 32.5. The van der Waals surface area contributed by atoms with Crippen molar-refractivity contribution < 1.29 is 86.3 Å². The summed E-state index contributed by atoms with van der Waals surface area (Å²) in [7, 11) is 0. The maximum atomic E-state index is 14.0. The van der Waals surface area contributed by atoms with Crippen LogP contribution in [0.5, 0.6) is 0 Å². The van der Waals surface area contributed by atoms with Crippen LogP contribution < -0.4 is 15.6 Å². The first-order valence-electron chi connectivity index (χ1n) is 21.0. The zero-order valence-electron chi connectivity index (χ0n) is 38.9. The van der Waals surface area contributed by atoms with Crippen LogP contribution in [0.15, 0.2) is 101 Å². The van der Waals surface area contributed by atoms with Gasteiger partial charge in [0, 0.05) is 42.0 Å². The molecule has 1 aliphatic heterocycles. The Morgan fingerprint density at radius 2 is 1.36 bits per heavy atom. The van der Waals surface area contributed by atoms with Gasteiger partial charge in [-0.2, -0.15) is 0 Å². The average molecular weight is 1040 g/mol. The van der Waals surface area contributed by atoms with Gasteiger partial charge in [-0.25, -0.2) is 24.2 Å². The number of thioether (sulfide) groups is 2. The van der Waals surface area contributed by atoms with Crippen molar-refractivity contribution in [1.29, 1.82) is 0 Å². The summed E-state index contributed by atoms with van der Waals surface area (Å²) in [4.78, 5) is 112. The summed E-state index contributed by atoms with van der Waals surface area (Å²) in [5, 5.41) is 3.64. The maximum Gasteiger partial charge on any atom is 0.342 e. The molecule has 1 aliphatic rings. The van der Waals surface area contributed by atoms with Crippen LogP contribution in [0.25, 0.3) is 22.8 Å². The molecular formula is C48H51N4O14S2Zn-. The minimum Gasteiger partial charge on any atom is -0.463 e. The van der Waals surface area contributed by atoms with Gasteiger partial charge in [-0.1, -0.05) is 73.8 Å². The first-order valence-corrected chi connectivity index (χ1v) is 23.0. The predicted octanol–water partition coefficient (Wildman–Crippen LogP) is 5.83. The Morgan fingerprint density at radius 3 is 1.94 bits per heavy atom. The molecule has 2 heterocycles. The monoisotopic (exact) mass is 1040 g/mol. The van der Waals surface area contributed by atoms with Crippen LogP contribution in [0.1, 0.15) is 63.2 Å². The normalized spacial score (nSPS) is 14.1. The minimum absolute atomic E-state index is 0. The molecule has 0 saturated heterocycles. The number of carbonyl (C=O) groups is 8. The summed E-state index contributed by atoms with van der Waals surface area (Å²) in [6, 6.07) is 17.4. The number of hydrogen-bond acceptors (Lipinski definition) is 17. The predicted molar refractivity (Wildman–Crippen MR) is 256 cm³/mol. The summed E-state index contributed by atoms with van der Waals surface area (Å²) < 4.78 is 31.4. The number of aromatic nitrogens is 1. The van der Waals surface area contributed by atoms with E-state index in [1.54, 1.807) is 81.4 Å². The van der Waals surface area contributed by atoms with Gasteiger partial charge < -0.3 is 44.0 Å². The van der Waals surface area contributed by atoms with E-state index in [4.69, 9.17) is 38.4 Å². The van der Waals surface area contributed by atoms with Gasteiger partial charge in [-0.3, -0.25) is 19.2 Å². The molecule has 2 aromatic carbocycles. The van der Waals surface area contributed by atoms with Gasteiger partial charge in [0.1, 0.15) is 30.7 Å². The molecule has 4 unspecified atom stereocenters. The molecule has 0 saturated carbocycles. The Hall–Kier alpha value is -6.57. The van der Waals surface area contributed by atoms with Crippen LogP contribution in [0.4, 0.5) is 5.82 Å². The van der Waals surface area contributed by atoms with Crippen molar-refractivity contribution >= 4 is 95.5 Å². The van der Waals surface area contributed by atoms with Gasteiger partial charge in [0.15, 0.2) is 11.3 Å². The number of allylic oxidation sites excluding steroid dienone is 1. The summed E-state index contributed by atoms with van der Waals surface area (Å²) in [6.07, 6.45) is 0.527. The number of hydrogen-bond donors (Lipinski definition) is 2.